The second-order valence-electron chi connectivity index (χ2n) is 7.55. The molecule has 0 atom stereocenters. The van der Waals surface area contributed by atoms with Gasteiger partial charge in [-0.3, -0.25) is 0 Å². The van der Waals surface area contributed by atoms with Gasteiger partial charge in [-0.05, 0) is 55.0 Å². The summed E-state index contributed by atoms with van der Waals surface area (Å²) in [6.07, 6.45) is 5.72. The third-order valence-corrected chi connectivity index (χ3v) is 5.27. The molecule has 0 spiro atoms. The van der Waals surface area contributed by atoms with Gasteiger partial charge in [0.1, 0.15) is 11.6 Å². The Balaban J connectivity index is 1.70. The van der Waals surface area contributed by atoms with Crippen LogP contribution in [0.1, 0.15) is 73.6 Å². The second-order valence-corrected chi connectivity index (χ2v) is 7.55. The van der Waals surface area contributed by atoms with E-state index in [1.165, 1.54) is 18.2 Å². The molecule has 0 bridgehead atoms. The number of hydrogen-bond donors (Lipinski definition) is 0. The Bertz CT molecular complexity index is 897. The number of hydrogen-bond acceptors (Lipinski definition) is 0. The van der Waals surface area contributed by atoms with Crippen molar-refractivity contribution in [3.63, 3.8) is 0 Å². The summed E-state index contributed by atoms with van der Waals surface area (Å²) in [5.41, 5.74) is 1.96. The molecular weight excluding hydrogens is 376 g/mol. The van der Waals surface area contributed by atoms with Gasteiger partial charge >= 0.3 is 0 Å². The summed E-state index contributed by atoms with van der Waals surface area (Å²) < 4.78 is 54.9. The van der Waals surface area contributed by atoms with Gasteiger partial charge in [0.2, 0.25) is 5.92 Å². The quantitative estimate of drug-likeness (QED) is 0.369. The van der Waals surface area contributed by atoms with E-state index in [0.717, 1.165) is 18.4 Å². The van der Waals surface area contributed by atoms with Gasteiger partial charge in [0, 0.05) is 29.5 Å². The number of benzene rings is 2. The third kappa shape index (κ3) is 5.73. The summed E-state index contributed by atoms with van der Waals surface area (Å²) >= 11 is 0. The fourth-order valence-corrected chi connectivity index (χ4v) is 3.54. The van der Waals surface area contributed by atoms with Crippen LogP contribution in [0.15, 0.2) is 42.5 Å². The van der Waals surface area contributed by atoms with Crippen LogP contribution in [-0.4, -0.2) is 5.92 Å². The molecule has 1 aliphatic carbocycles. The van der Waals surface area contributed by atoms with E-state index in [4.69, 9.17) is 0 Å². The summed E-state index contributed by atoms with van der Waals surface area (Å²) in [7, 11) is 0. The van der Waals surface area contributed by atoms with E-state index in [1.54, 1.807) is 6.08 Å². The number of alkyl halides is 2. The highest BCUT2D eigenvalue weighted by atomic mass is 19.3. The first-order valence-corrected chi connectivity index (χ1v) is 10.0. The Kier molecular flexibility index (Phi) is 6.79. The first-order valence-electron chi connectivity index (χ1n) is 10.0. The van der Waals surface area contributed by atoms with Gasteiger partial charge in [-0.2, -0.15) is 0 Å². The molecule has 152 valence electrons. The molecular formula is C25H24F4. The van der Waals surface area contributed by atoms with Crippen LogP contribution in [-0.2, 0) is 0 Å². The summed E-state index contributed by atoms with van der Waals surface area (Å²) in [6, 6.07) is 9.92. The van der Waals surface area contributed by atoms with E-state index in [9.17, 15) is 17.6 Å². The Morgan fingerprint density at radius 3 is 2.14 bits per heavy atom. The topological polar surface area (TPSA) is 0 Å². The Morgan fingerprint density at radius 1 is 0.966 bits per heavy atom. The van der Waals surface area contributed by atoms with Crippen molar-refractivity contribution in [2.75, 3.05) is 0 Å². The van der Waals surface area contributed by atoms with E-state index in [-0.39, 0.29) is 29.9 Å². The molecule has 2 aromatic rings. The van der Waals surface area contributed by atoms with Crippen LogP contribution in [0.2, 0.25) is 0 Å². The predicted molar refractivity (Wildman–Crippen MR) is 109 cm³/mol. The molecule has 0 aromatic heterocycles. The molecule has 0 saturated heterocycles. The zero-order valence-electron chi connectivity index (χ0n) is 16.5. The molecule has 0 nitrogen and oxygen atoms in total. The zero-order chi connectivity index (χ0) is 20.9. The van der Waals surface area contributed by atoms with Crippen LogP contribution in [0.25, 0.3) is 6.08 Å². The van der Waals surface area contributed by atoms with Crippen molar-refractivity contribution in [2.24, 2.45) is 0 Å². The lowest BCUT2D eigenvalue weighted by Gasteiger charge is -2.28. The molecule has 0 N–H and O–H groups in total. The van der Waals surface area contributed by atoms with Crippen molar-refractivity contribution in [2.45, 2.75) is 57.3 Å². The summed E-state index contributed by atoms with van der Waals surface area (Å²) in [6.45, 7) is 2.00. The molecule has 1 saturated carbocycles. The molecule has 29 heavy (non-hydrogen) atoms. The molecule has 1 fully saturated rings. The highest BCUT2D eigenvalue weighted by Gasteiger charge is 2.35. The zero-order valence-corrected chi connectivity index (χ0v) is 16.5. The first kappa shape index (κ1) is 21.2. The molecule has 2 aromatic carbocycles. The summed E-state index contributed by atoms with van der Waals surface area (Å²) in [5.74, 6) is 2.05. The summed E-state index contributed by atoms with van der Waals surface area (Å²) in [4.78, 5) is 0. The monoisotopic (exact) mass is 400 g/mol. The fraction of sp³-hybridized carbons (Fsp3) is 0.360. The minimum absolute atomic E-state index is 0.0496. The molecule has 0 amide bonds. The van der Waals surface area contributed by atoms with Gasteiger partial charge in [0.25, 0.3) is 0 Å². The van der Waals surface area contributed by atoms with Gasteiger partial charge < -0.3 is 0 Å². The smallest absolute Gasteiger partial charge is 0.207 e. The predicted octanol–water partition coefficient (Wildman–Crippen LogP) is 7.47. The van der Waals surface area contributed by atoms with E-state index in [0.29, 0.717) is 18.4 Å². The van der Waals surface area contributed by atoms with Crippen LogP contribution < -0.4 is 0 Å². The van der Waals surface area contributed by atoms with Crippen molar-refractivity contribution in [3.05, 3.63) is 76.4 Å². The molecule has 3 rings (SSSR count). The van der Waals surface area contributed by atoms with Gasteiger partial charge in [-0.25, -0.2) is 17.6 Å². The summed E-state index contributed by atoms with van der Waals surface area (Å²) in [5, 5.41) is 0. The lowest BCUT2D eigenvalue weighted by atomic mass is 9.82. The van der Waals surface area contributed by atoms with E-state index < -0.39 is 17.6 Å². The van der Waals surface area contributed by atoms with Gasteiger partial charge in [0.15, 0.2) is 0 Å². The Hall–Kier alpha value is -2.54. The molecule has 0 aliphatic heterocycles. The van der Waals surface area contributed by atoms with Crippen molar-refractivity contribution >= 4 is 6.08 Å². The van der Waals surface area contributed by atoms with Crippen molar-refractivity contribution in [1.82, 2.24) is 0 Å². The lowest BCUT2D eigenvalue weighted by Crippen LogP contribution is -2.23. The standard InChI is InChI=1S/C25H24F4/c1-2-3-4-5-22-23(26)16-19(17-24(22)27)7-6-18-8-10-20(11-9-18)21-12-14-25(28,29)15-13-21/h4-5,8-11,16-17,21H,2-3,12-15H2,1H3/b5-4+. The minimum Gasteiger partial charge on any atom is -0.207 e. The second kappa shape index (κ2) is 9.31. The molecule has 1 aliphatic rings. The maximum atomic E-state index is 14.2. The third-order valence-electron chi connectivity index (χ3n) is 5.27. The maximum Gasteiger partial charge on any atom is 0.248 e. The normalized spacial score (nSPS) is 16.6. The highest BCUT2D eigenvalue weighted by Crippen LogP contribution is 2.40. The SMILES string of the molecule is CCC/C=C/c1c(F)cc(C#Cc2ccc(C3CCC(F)(F)CC3)cc2)cc1F. The van der Waals surface area contributed by atoms with Crippen molar-refractivity contribution in [1.29, 1.82) is 0 Å². The maximum absolute atomic E-state index is 14.2. The van der Waals surface area contributed by atoms with Crippen LogP contribution in [0.5, 0.6) is 0 Å². The van der Waals surface area contributed by atoms with Gasteiger partial charge in [-0.1, -0.05) is 49.5 Å². The van der Waals surface area contributed by atoms with Crippen LogP contribution >= 0.6 is 0 Å². The van der Waals surface area contributed by atoms with E-state index in [2.05, 4.69) is 11.8 Å². The van der Waals surface area contributed by atoms with Crippen molar-refractivity contribution in [3.8, 4) is 11.8 Å². The van der Waals surface area contributed by atoms with Crippen LogP contribution in [0.3, 0.4) is 0 Å². The van der Waals surface area contributed by atoms with Crippen molar-refractivity contribution < 1.29 is 17.6 Å². The van der Waals surface area contributed by atoms with Gasteiger partial charge in [0.05, 0.1) is 0 Å². The number of unbranched alkanes of at least 4 members (excludes halogenated alkanes) is 1. The number of allylic oxidation sites excluding steroid dienone is 1. The Morgan fingerprint density at radius 2 is 1.55 bits per heavy atom. The average molecular weight is 400 g/mol. The first-order chi connectivity index (χ1) is 13.9. The highest BCUT2D eigenvalue weighted by molar-refractivity contribution is 5.54. The van der Waals surface area contributed by atoms with Crippen LogP contribution in [0, 0.1) is 23.5 Å². The lowest BCUT2D eigenvalue weighted by molar-refractivity contribution is -0.0382. The molecule has 0 heterocycles. The number of rotatable bonds is 4. The number of halogens is 4. The molecule has 0 radical (unpaired) electrons. The fourth-order valence-electron chi connectivity index (χ4n) is 3.54. The molecule has 0 unspecified atom stereocenters. The van der Waals surface area contributed by atoms with Gasteiger partial charge in [-0.15, -0.1) is 0 Å². The van der Waals surface area contributed by atoms with E-state index >= 15 is 0 Å². The van der Waals surface area contributed by atoms with E-state index in [1.807, 2.05) is 31.2 Å². The Labute approximate surface area is 169 Å². The largest absolute Gasteiger partial charge is 0.248 e. The van der Waals surface area contributed by atoms with Crippen LogP contribution in [0.4, 0.5) is 17.6 Å². The minimum atomic E-state index is -2.53. The average Bonchev–Trinajstić information content (AvgIpc) is 2.69. The molecule has 4 heteroatoms.